The number of rotatable bonds is 5. The highest BCUT2D eigenvalue weighted by atomic mass is 32.2. The average Bonchev–Trinajstić information content (AvgIpc) is 2.69. The first kappa shape index (κ1) is 14.0. The third kappa shape index (κ3) is 4.03. The van der Waals surface area contributed by atoms with Crippen molar-refractivity contribution in [1.29, 1.82) is 0 Å². The van der Waals surface area contributed by atoms with Gasteiger partial charge >= 0.3 is 5.97 Å². The van der Waals surface area contributed by atoms with E-state index in [2.05, 4.69) is 10.2 Å². The Morgan fingerprint density at radius 3 is 2.88 bits per heavy atom. The highest BCUT2D eigenvalue weighted by Gasteiger charge is 2.11. The number of nitrogens with one attached hydrogen (secondary N) is 1. The topological polar surface area (TPSA) is 81.4 Å². The average molecular weight is 274 g/mol. The van der Waals surface area contributed by atoms with E-state index in [1.54, 1.807) is 6.07 Å². The van der Waals surface area contributed by atoms with Gasteiger partial charge in [0.15, 0.2) is 0 Å². The number of ether oxygens (including phenoxy) is 1. The Morgan fingerprint density at radius 1 is 1.59 bits per heavy atom. The lowest BCUT2D eigenvalue weighted by molar-refractivity contribution is -0.137. The number of esters is 1. The molecule has 0 atom stereocenters. The molecule has 0 aliphatic rings. The third-order valence-corrected chi connectivity index (χ3v) is 4.13. The van der Waals surface area contributed by atoms with Gasteiger partial charge in [-0.1, -0.05) is 0 Å². The lowest BCUT2D eigenvalue weighted by Crippen LogP contribution is -2.29. The molecule has 1 aromatic rings. The fraction of sp³-hybridized carbons (Fsp3) is 0.400. The molecule has 1 aromatic heterocycles. The Morgan fingerprint density at radius 2 is 2.29 bits per heavy atom. The summed E-state index contributed by atoms with van der Waals surface area (Å²) >= 11 is 2.85. The van der Waals surface area contributed by atoms with Gasteiger partial charge < -0.3 is 4.74 Å². The molecule has 0 radical (unpaired) electrons. The molecule has 1 amide bonds. The van der Waals surface area contributed by atoms with Crippen molar-refractivity contribution >= 4 is 35.0 Å². The molecule has 1 rings (SSSR count). The second kappa shape index (κ2) is 6.63. The van der Waals surface area contributed by atoms with Gasteiger partial charge in [0.25, 0.3) is 5.91 Å². The van der Waals surface area contributed by atoms with Gasteiger partial charge in [-0.2, -0.15) is 0 Å². The lowest BCUT2D eigenvalue weighted by Gasteiger charge is -1.99. The summed E-state index contributed by atoms with van der Waals surface area (Å²) in [6.45, 7) is 1.94. The molecular formula is C10H14N2O3S2. The summed E-state index contributed by atoms with van der Waals surface area (Å²) in [5, 5.41) is 0. The van der Waals surface area contributed by atoms with Crippen molar-refractivity contribution in [3.8, 4) is 0 Å². The zero-order valence-electron chi connectivity index (χ0n) is 9.61. The summed E-state index contributed by atoms with van der Waals surface area (Å²) in [5.74, 6) is 5.51. The van der Waals surface area contributed by atoms with Crippen LogP contribution in [0.4, 0.5) is 0 Å². The van der Waals surface area contributed by atoms with Crippen molar-refractivity contribution in [3.63, 3.8) is 0 Å². The summed E-state index contributed by atoms with van der Waals surface area (Å²) in [5.41, 5.74) is 3.14. The molecule has 0 bridgehead atoms. The van der Waals surface area contributed by atoms with Crippen LogP contribution in [0.1, 0.15) is 20.1 Å². The van der Waals surface area contributed by atoms with E-state index < -0.39 is 0 Å². The number of nitrogen functional groups attached to an aromatic ring is 1. The van der Waals surface area contributed by atoms with Gasteiger partial charge in [0, 0.05) is 10.6 Å². The number of carbonyl (C=O) groups excluding carboxylic acids is 2. The molecule has 0 spiro atoms. The Balaban J connectivity index is 2.57. The van der Waals surface area contributed by atoms with E-state index in [-0.39, 0.29) is 11.9 Å². The van der Waals surface area contributed by atoms with Gasteiger partial charge in [-0.15, -0.1) is 23.1 Å². The van der Waals surface area contributed by atoms with Crippen molar-refractivity contribution in [3.05, 3.63) is 21.4 Å². The van der Waals surface area contributed by atoms with Crippen LogP contribution < -0.4 is 11.3 Å². The number of thioether (sulfide) groups is 1. The lowest BCUT2D eigenvalue weighted by atomic mass is 10.3. The van der Waals surface area contributed by atoms with E-state index >= 15 is 0 Å². The first-order valence-electron chi connectivity index (χ1n) is 4.83. The van der Waals surface area contributed by atoms with E-state index in [9.17, 15) is 9.59 Å². The maximum Gasteiger partial charge on any atom is 0.315 e. The Hall–Kier alpha value is -1.05. The number of amides is 1. The second-order valence-electron chi connectivity index (χ2n) is 3.23. The molecule has 0 saturated heterocycles. The fourth-order valence-electron chi connectivity index (χ4n) is 1.15. The molecule has 0 fully saturated rings. The molecule has 3 N–H and O–H groups in total. The van der Waals surface area contributed by atoms with E-state index in [1.807, 2.05) is 6.92 Å². The fourth-order valence-corrected chi connectivity index (χ4v) is 3.09. The maximum atomic E-state index is 11.3. The van der Waals surface area contributed by atoms with Gasteiger partial charge in [0.1, 0.15) is 0 Å². The van der Waals surface area contributed by atoms with Crippen LogP contribution in [-0.2, 0) is 15.3 Å². The Bertz CT molecular complexity index is 418. The van der Waals surface area contributed by atoms with Gasteiger partial charge in [0.05, 0.1) is 17.7 Å². The van der Waals surface area contributed by atoms with Crippen LogP contribution in [0, 0.1) is 6.92 Å². The highest BCUT2D eigenvalue weighted by Crippen LogP contribution is 2.25. The molecule has 1 heterocycles. The number of hydrogen-bond acceptors (Lipinski definition) is 6. The van der Waals surface area contributed by atoms with E-state index in [0.29, 0.717) is 16.4 Å². The van der Waals surface area contributed by atoms with Crippen LogP contribution in [0.5, 0.6) is 0 Å². The summed E-state index contributed by atoms with van der Waals surface area (Å²) in [6, 6.07) is 1.80. The number of aryl methyl sites for hydroxylation is 1. The SMILES string of the molecule is COC(=O)CSCc1cc(C(=O)NN)sc1C. The number of carbonyl (C=O) groups is 2. The molecule has 0 saturated carbocycles. The van der Waals surface area contributed by atoms with Crippen LogP contribution in [0.15, 0.2) is 6.07 Å². The summed E-state index contributed by atoms with van der Waals surface area (Å²) < 4.78 is 4.54. The Kier molecular flexibility index (Phi) is 5.46. The summed E-state index contributed by atoms with van der Waals surface area (Å²) in [4.78, 5) is 23.9. The zero-order valence-corrected chi connectivity index (χ0v) is 11.2. The predicted octanol–water partition coefficient (Wildman–Crippen LogP) is 1.07. The minimum atomic E-state index is -0.290. The van der Waals surface area contributed by atoms with Crippen LogP contribution >= 0.6 is 23.1 Å². The number of hydrazine groups is 1. The standard InChI is InChI=1S/C10H14N2O3S2/c1-6-7(4-16-5-9(13)15-2)3-8(17-6)10(14)12-11/h3H,4-5,11H2,1-2H3,(H,12,14). The van der Waals surface area contributed by atoms with Crippen molar-refractivity contribution in [2.24, 2.45) is 5.84 Å². The Labute approximate surface area is 108 Å². The monoisotopic (exact) mass is 274 g/mol. The van der Waals surface area contributed by atoms with Gasteiger partial charge in [-0.25, -0.2) is 5.84 Å². The minimum Gasteiger partial charge on any atom is -0.468 e. The smallest absolute Gasteiger partial charge is 0.315 e. The van der Waals surface area contributed by atoms with Crippen LogP contribution in [-0.4, -0.2) is 24.7 Å². The molecule has 7 heteroatoms. The molecule has 0 aliphatic heterocycles. The molecule has 0 aliphatic carbocycles. The molecular weight excluding hydrogens is 260 g/mol. The van der Waals surface area contributed by atoms with Crippen LogP contribution in [0.25, 0.3) is 0 Å². The van der Waals surface area contributed by atoms with Crippen molar-refractivity contribution in [2.45, 2.75) is 12.7 Å². The molecule has 0 unspecified atom stereocenters. The van der Waals surface area contributed by atoms with Crippen molar-refractivity contribution < 1.29 is 14.3 Å². The van der Waals surface area contributed by atoms with Gasteiger partial charge in [-0.05, 0) is 18.6 Å². The normalized spacial score (nSPS) is 10.1. The summed E-state index contributed by atoms with van der Waals surface area (Å²) in [7, 11) is 1.36. The van der Waals surface area contributed by atoms with E-state index in [1.165, 1.54) is 30.2 Å². The molecule has 94 valence electrons. The largest absolute Gasteiger partial charge is 0.468 e. The van der Waals surface area contributed by atoms with Crippen molar-refractivity contribution in [2.75, 3.05) is 12.9 Å². The van der Waals surface area contributed by atoms with Gasteiger partial charge in [0.2, 0.25) is 0 Å². The highest BCUT2D eigenvalue weighted by molar-refractivity contribution is 7.99. The first-order valence-corrected chi connectivity index (χ1v) is 6.80. The van der Waals surface area contributed by atoms with Gasteiger partial charge in [-0.3, -0.25) is 15.0 Å². The first-order chi connectivity index (χ1) is 8.08. The van der Waals surface area contributed by atoms with E-state index in [4.69, 9.17) is 5.84 Å². The number of hydrogen-bond donors (Lipinski definition) is 2. The zero-order chi connectivity index (χ0) is 12.8. The summed E-state index contributed by atoms with van der Waals surface area (Å²) in [6.07, 6.45) is 0. The van der Waals surface area contributed by atoms with Crippen molar-refractivity contribution in [1.82, 2.24) is 5.43 Å². The van der Waals surface area contributed by atoms with Crippen LogP contribution in [0.3, 0.4) is 0 Å². The number of nitrogens with two attached hydrogens (primary N) is 1. The number of thiophene rings is 1. The quantitative estimate of drug-likeness (QED) is 0.363. The number of methoxy groups -OCH3 is 1. The molecule has 17 heavy (non-hydrogen) atoms. The maximum absolute atomic E-state index is 11.3. The van der Waals surface area contributed by atoms with E-state index in [0.717, 1.165) is 10.4 Å². The van der Waals surface area contributed by atoms with Crippen LogP contribution in [0.2, 0.25) is 0 Å². The third-order valence-electron chi connectivity index (χ3n) is 2.08. The predicted molar refractivity (Wildman–Crippen MR) is 68.9 cm³/mol. The molecule has 5 nitrogen and oxygen atoms in total. The minimum absolute atomic E-state index is 0.247. The second-order valence-corrected chi connectivity index (χ2v) is 5.48. The molecule has 0 aromatic carbocycles.